The van der Waals surface area contributed by atoms with Gasteiger partial charge in [0.15, 0.2) is 0 Å². The van der Waals surface area contributed by atoms with Crippen LogP contribution < -0.4 is 16.0 Å². The number of aromatic nitrogens is 2. The SMILES string of the molecule is Cc1cccc(N2CC(C(=O)Nc3cnn(CC(N)=O)c3)CC2=O)c1C. The molecular weight excluding hydrogens is 334 g/mol. The maximum Gasteiger partial charge on any atom is 0.239 e. The number of primary amides is 1. The Morgan fingerprint density at radius 3 is 2.85 bits per heavy atom. The van der Waals surface area contributed by atoms with Gasteiger partial charge in [0.2, 0.25) is 17.7 Å². The number of amides is 3. The van der Waals surface area contributed by atoms with E-state index < -0.39 is 11.8 Å². The Morgan fingerprint density at radius 2 is 2.12 bits per heavy atom. The van der Waals surface area contributed by atoms with Crippen molar-refractivity contribution in [3.05, 3.63) is 41.7 Å². The number of carbonyl (C=O) groups excluding carboxylic acids is 3. The third-order valence-corrected chi connectivity index (χ3v) is 4.58. The van der Waals surface area contributed by atoms with Crippen molar-refractivity contribution in [2.24, 2.45) is 11.7 Å². The molecule has 2 aromatic rings. The van der Waals surface area contributed by atoms with Crippen LogP contribution in [0.25, 0.3) is 0 Å². The molecule has 8 heteroatoms. The summed E-state index contributed by atoms with van der Waals surface area (Å²) < 4.78 is 1.35. The van der Waals surface area contributed by atoms with Crippen LogP contribution in [0.2, 0.25) is 0 Å². The first kappa shape index (κ1) is 17.7. The van der Waals surface area contributed by atoms with Gasteiger partial charge >= 0.3 is 0 Å². The number of anilines is 2. The van der Waals surface area contributed by atoms with Gasteiger partial charge in [0.05, 0.1) is 17.8 Å². The summed E-state index contributed by atoms with van der Waals surface area (Å²) in [5.41, 5.74) is 8.57. The van der Waals surface area contributed by atoms with Gasteiger partial charge in [0.1, 0.15) is 6.54 Å². The highest BCUT2D eigenvalue weighted by molar-refractivity contribution is 6.03. The molecule has 0 spiro atoms. The summed E-state index contributed by atoms with van der Waals surface area (Å²) in [6, 6.07) is 5.80. The highest BCUT2D eigenvalue weighted by atomic mass is 16.2. The second kappa shape index (κ2) is 6.99. The van der Waals surface area contributed by atoms with E-state index in [0.717, 1.165) is 16.8 Å². The molecule has 26 heavy (non-hydrogen) atoms. The quantitative estimate of drug-likeness (QED) is 0.833. The van der Waals surface area contributed by atoms with Crippen LogP contribution in [0.15, 0.2) is 30.6 Å². The molecular formula is C18H21N5O3. The van der Waals surface area contributed by atoms with E-state index in [1.165, 1.54) is 17.1 Å². The van der Waals surface area contributed by atoms with E-state index in [9.17, 15) is 14.4 Å². The Kier molecular flexibility index (Phi) is 4.75. The fraction of sp³-hybridized carbons (Fsp3) is 0.333. The van der Waals surface area contributed by atoms with Crippen LogP contribution in [0.4, 0.5) is 11.4 Å². The number of hydrogen-bond donors (Lipinski definition) is 2. The van der Waals surface area contributed by atoms with Crippen molar-refractivity contribution in [3.8, 4) is 0 Å². The average molecular weight is 355 g/mol. The van der Waals surface area contributed by atoms with E-state index in [2.05, 4.69) is 10.4 Å². The summed E-state index contributed by atoms with van der Waals surface area (Å²) in [6.45, 7) is 4.24. The van der Waals surface area contributed by atoms with Gasteiger partial charge in [0.25, 0.3) is 0 Å². The Hall–Kier alpha value is -3.16. The Labute approximate surface area is 151 Å². The summed E-state index contributed by atoms with van der Waals surface area (Å²) in [7, 11) is 0. The Morgan fingerprint density at radius 1 is 1.35 bits per heavy atom. The standard InChI is InChI=1S/C18H21N5O3/c1-11-4-3-5-15(12(11)2)23-8-13(6-17(23)25)18(26)21-14-7-20-22(9-14)10-16(19)24/h3-5,7,9,13H,6,8,10H2,1-2H3,(H2,19,24)(H,21,26). The third kappa shape index (κ3) is 3.58. The minimum atomic E-state index is -0.517. The second-order valence-electron chi connectivity index (χ2n) is 6.51. The molecule has 136 valence electrons. The lowest BCUT2D eigenvalue weighted by Crippen LogP contribution is -2.28. The molecule has 3 rings (SSSR count). The number of aryl methyl sites for hydroxylation is 1. The van der Waals surface area contributed by atoms with E-state index in [-0.39, 0.29) is 24.8 Å². The van der Waals surface area contributed by atoms with Crippen LogP contribution in [-0.2, 0) is 20.9 Å². The summed E-state index contributed by atoms with van der Waals surface area (Å²) in [6.07, 6.45) is 3.14. The van der Waals surface area contributed by atoms with Crippen molar-refractivity contribution in [1.82, 2.24) is 9.78 Å². The number of nitrogens with one attached hydrogen (secondary N) is 1. The normalized spacial score (nSPS) is 16.8. The average Bonchev–Trinajstić information content (AvgIpc) is 3.16. The number of hydrogen-bond acceptors (Lipinski definition) is 4. The smallest absolute Gasteiger partial charge is 0.239 e. The van der Waals surface area contributed by atoms with Crippen LogP contribution in [0.3, 0.4) is 0 Å². The van der Waals surface area contributed by atoms with Crippen molar-refractivity contribution in [2.45, 2.75) is 26.8 Å². The maximum absolute atomic E-state index is 12.5. The fourth-order valence-corrected chi connectivity index (χ4v) is 3.06. The minimum Gasteiger partial charge on any atom is -0.368 e. The first-order valence-electron chi connectivity index (χ1n) is 8.33. The molecule has 0 aliphatic carbocycles. The monoisotopic (exact) mass is 355 g/mol. The molecule has 1 aromatic carbocycles. The topological polar surface area (TPSA) is 110 Å². The van der Waals surface area contributed by atoms with E-state index in [1.807, 2.05) is 32.0 Å². The molecule has 1 aliphatic heterocycles. The summed E-state index contributed by atoms with van der Waals surface area (Å²) in [4.78, 5) is 37.5. The van der Waals surface area contributed by atoms with Gasteiger partial charge in [-0.15, -0.1) is 0 Å². The Balaban J connectivity index is 1.68. The largest absolute Gasteiger partial charge is 0.368 e. The molecule has 0 radical (unpaired) electrons. The van der Waals surface area contributed by atoms with Gasteiger partial charge in [-0.25, -0.2) is 0 Å². The van der Waals surface area contributed by atoms with Gasteiger partial charge in [-0.1, -0.05) is 12.1 Å². The van der Waals surface area contributed by atoms with E-state index in [4.69, 9.17) is 5.73 Å². The fourth-order valence-electron chi connectivity index (χ4n) is 3.06. The predicted molar refractivity (Wildman–Crippen MR) is 96.4 cm³/mol. The predicted octanol–water partition coefficient (Wildman–Crippen LogP) is 0.977. The van der Waals surface area contributed by atoms with Crippen molar-refractivity contribution in [2.75, 3.05) is 16.8 Å². The lowest BCUT2D eigenvalue weighted by Gasteiger charge is -2.20. The highest BCUT2D eigenvalue weighted by Crippen LogP contribution is 2.29. The zero-order chi connectivity index (χ0) is 18.8. The van der Waals surface area contributed by atoms with Gasteiger partial charge in [-0.05, 0) is 31.0 Å². The van der Waals surface area contributed by atoms with Crippen LogP contribution in [-0.4, -0.2) is 34.0 Å². The van der Waals surface area contributed by atoms with Crippen molar-refractivity contribution >= 4 is 29.1 Å². The molecule has 1 aromatic heterocycles. The molecule has 0 saturated carbocycles. The van der Waals surface area contributed by atoms with Crippen LogP contribution in [0.5, 0.6) is 0 Å². The van der Waals surface area contributed by atoms with Crippen LogP contribution >= 0.6 is 0 Å². The zero-order valence-corrected chi connectivity index (χ0v) is 14.7. The van der Waals surface area contributed by atoms with Crippen molar-refractivity contribution in [1.29, 1.82) is 0 Å². The second-order valence-corrected chi connectivity index (χ2v) is 6.51. The van der Waals surface area contributed by atoms with Gasteiger partial charge in [0, 0.05) is 24.8 Å². The first-order valence-corrected chi connectivity index (χ1v) is 8.33. The molecule has 0 bridgehead atoms. The molecule has 1 unspecified atom stereocenters. The number of carbonyl (C=O) groups is 3. The molecule has 1 saturated heterocycles. The summed E-state index contributed by atoms with van der Waals surface area (Å²) >= 11 is 0. The number of nitrogens with zero attached hydrogens (tertiary/aromatic N) is 3. The third-order valence-electron chi connectivity index (χ3n) is 4.58. The van der Waals surface area contributed by atoms with Crippen LogP contribution in [0.1, 0.15) is 17.5 Å². The maximum atomic E-state index is 12.5. The molecule has 1 fully saturated rings. The summed E-state index contributed by atoms with van der Waals surface area (Å²) in [5, 5.41) is 6.70. The van der Waals surface area contributed by atoms with Gasteiger partial charge < -0.3 is 16.0 Å². The molecule has 2 heterocycles. The highest BCUT2D eigenvalue weighted by Gasteiger charge is 2.35. The van der Waals surface area contributed by atoms with Crippen molar-refractivity contribution < 1.29 is 14.4 Å². The van der Waals surface area contributed by atoms with Crippen molar-refractivity contribution in [3.63, 3.8) is 0 Å². The molecule has 1 atom stereocenters. The minimum absolute atomic E-state index is 0.0573. The zero-order valence-electron chi connectivity index (χ0n) is 14.7. The number of rotatable bonds is 5. The van der Waals surface area contributed by atoms with E-state index in [0.29, 0.717) is 12.2 Å². The number of nitrogens with two attached hydrogens (primary N) is 1. The van der Waals surface area contributed by atoms with Crippen LogP contribution in [0, 0.1) is 19.8 Å². The Bertz CT molecular complexity index is 873. The van der Waals surface area contributed by atoms with E-state index >= 15 is 0 Å². The molecule has 3 amide bonds. The molecule has 1 aliphatic rings. The molecule has 3 N–H and O–H groups in total. The van der Waals surface area contributed by atoms with Gasteiger partial charge in [-0.2, -0.15) is 5.10 Å². The lowest BCUT2D eigenvalue weighted by molar-refractivity contribution is -0.122. The first-order chi connectivity index (χ1) is 12.3. The molecule has 8 nitrogen and oxygen atoms in total. The number of benzene rings is 1. The van der Waals surface area contributed by atoms with Gasteiger partial charge in [-0.3, -0.25) is 19.1 Å². The van der Waals surface area contributed by atoms with E-state index in [1.54, 1.807) is 4.90 Å². The lowest BCUT2D eigenvalue weighted by atomic mass is 10.1. The summed E-state index contributed by atoms with van der Waals surface area (Å²) in [5.74, 6) is -1.27.